The third-order valence-corrected chi connectivity index (χ3v) is 7.36. The fourth-order valence-electron chi connectivity index (χ4n) is 3.48. The van der Waals surface area contributed by atoms with Gasteiger partial charge in [0, 0.05) is 12.6 Å². The summed E-state index contributed by atoms with van der Waals surface area (Å²) >= 11 is 0. The van der Waals surface area contributed by atoms with Crippen molar-refractivity contribution in [1.29, 1.82) is 0 Å². The number of para-hydroxylation sites is 1. The Morgan fingerprint density at radius 1 is 1.11 bits per heavy atom. The van der Waals surface area contributed by atoms with Crippen LogP contribution < -0.4 is 4.74 Å². The Morgan fingerprint density at radius 2 is 1.81 bits per heavy atom. The van der Waals surface area contributed by atoms with Crippen LogP contribution in [0.2, 0.25) is 0 Å². The van der Waals surface area contributed by atoms with Crippen LogP contribution in [0, 0.1) is 11.6 Å². The zero-order valence-corrected chi connectivity index (χ0v) is 16.0. The summed E-state index contributed by atoms with van der Waals surface area (Å²) in [6, 6.07) is 10.3. The molecule has 0 unspecified atom stereocenters. The Kier molecular flexibility index (Phi) is 6.11. The number of halogens is 2. The first kappa shape index (κ1) is 19.8. The fraction of sp³-hybridized carbons (Fsp3) is 0.400. The van der Waals surface area contributed by atoms with E-state index in [0.29, 0.717) is 50.2 Å². The number of hydrogen-bond donors (Lipinski definition) is 0. The summed E-state index contributed by atoms with van der Waals surface area (Å²) < 4.78 is 57.8. The van der Waals surface area contributed by atoms with Gasteiger partial charge in [-0.3, -0.25) is 0 Å². The minimum atomic E-state index is -3.46. The minimum absolute atomic E-state index is 0.235. The number of hydrogen-bond acceptors (Lipinski definition) is 4. The molecular formula is C20H23F2NO3S. The SMILES string of the molecule is COc1ccccc1S(=O)(=O)C1CCN(CCc2ccc(F)cc2F)CC1. The van der Waals surface area contributed by atoms with Crippen molar-refractivity contribution in [2.45, 2.75) is 29.4 Å². The van der Waals surface area contributed by atoms with E-state index in [1.54, 1.807) is 24.3 Å². The van der Waals surface area contributed by atoms with Crippen LogP contribution in [-0.2, 0) is 16.3 Å². The standard InChI is InChI=1S/C20H23F2NO3S/c1-26-19-4-2-3-5-20(19)27(24,25)17-9-12-23(13-10-17)11-8-15-6-7-16(21)14-18(15)22/h2-7,14,17H,8-13H2,1H3. The molecule has 27 heavy (non-hydrogen) atoms. The molecule has 0 spiro atoms. The first-order chi connectivity index (χ1) is 12.9. The summed E-state index contributed by atoms with van der Waals surface area (Å²) in [7, 11) is -2.00. The lowest BCUT2D eigenvalue weighted by molar-refractivity contribution is 0.231. The molecule has 7 heteroatoms. The molecule has 0 N–H and O–H groups in total. The first-order valence-electron chi connectivity index (χ1n) is 8.95. The molecule has 4 nitrogen and oxygen atoms in total. The topological polar surface area (TPSA) is 46.6 Å². The number of methoxy groups -OCH3 is 1. The smallest absolute Gasteiger partial charge is 0.184 e. The van der Waals surface area contributed by atoms with E-state index in [2.05, 4.69) is 4.90 Å². The predicted molar refractivity (Wildman–Crippen MR) is 99.7 cm³/mol. The average Bonchev–Trinajstić information content (AvgIpc) is 2.67. The van der Waals surface area contributed by atoms with Gasteiger partial charge in [0.1, 0.15) is 22.3 Å². The van der Waals surface area contributed by atoms with Gasteiger partial charge in [0.15, 0.2) is 9.84 Å². The van der Waals surface area contributed by atoms with Crippen molar-refractivity contribution in [1.82, 2.24) is 4.90 Å². The van der Waals surface area contributed by atoms with E-state index in [-0.39, 0.29) is 4.90 Å². The summed E-state index contributed by atoms with van der Waals surface area (Å²) in [5, 5.41) is -0.451. The van der Waals surface area contributed by atoms with Crippen molar-refractivity contribution in [2.24, 2.45) is 0 Å². The van der Waals surface area contributed by atoms with E-state index in [1.165, 1.54) is 19.2 Å². The molecular weight excluding hydrogens is 372 g/mol. The van der Waals surface area contributed by atoms with E-state index < -0.39 is 26.7 Å². The molecule has 0 amide bonds. The minimum Gasteiger partial charge on any atom is -0.495 e. The molecule has 0 aliphatic carbocycles. The highest BCUT2D eigenvalue weighted by Gasteiger charge is 2.33. The summed E-state index contributed by atoms with van der Waals surface area (Å²) in [4.78, 5) is 2.36. The molecule has 0 saturated carbocycles. The second-order valence-corrected chi connectivity index (χ2v) is 8.92. The van der Waals surface area contributed by atoms with Crippen LogP contribution in [0.4, 0.5) is 8.78 Å². The largest absolute Gasteiger partial charge is 0.495 e. The molecule has 2 aromatic rings. The summed E-state index contributed by atoms with van der Waals surface area (Å²) in [5.74, 6) is -0.756. The maximum absolute atomic E-state index is 13.7. The van der Waals surface area contributed by atoms with Crippen molar-refractivity contribution in [3.8, 4) is 5.75 Å². The van der Waals surface area contributed by atoms with E-state index in [0.717, 1.165) is 6.07 Å². The van der Waals surface area contributed by atoms with Gasteiger partial charge in [0.2, 0.25) is 0 Å². The third-order valence-electron chi connectivity index (χ3n) is 5.06. The van der Waals surface area contributed by atoms with Crippen molar-refractivity contribution in [3.05, 3.63) is 59.7 Å². The van der Waals surface area contributed by atoms with Gasteiger partial charge in [0.25, 0.3) is 0 Å². The molecule has 1 aliphatic heterocycles. The molecule has 0 atom stereocenters. The van der Waals surface area contributed by atoms with Crippen molar-refractivity contribution >= 4 is 9.84 Å². The van der Waals surface area contributed by atoms with Gasteiger partial charge in [-0.1, -0.05) is 18.2 Å². The number of ether oxygens (including phenoxy) is 1. The van der Waals surface area contributed by atoms with Gasteiger partial charge >= 0.3 is 0 Å². The lowest BCUT2D eigenvalue weighted by Crippen LogP contribution is -2.40. The third kappa shape index (κ3) is 4.47. The summed E-state index contributed by atoms with van der Waals surface area (Å²) in [5.41, 5.74) is 0.472. The molecule has 1 fully saturated rings. The zero-order valence-electron chi connectivity index (χ0n) is 15.2. The highest BCUT2D eigenvalue weighted by molar-refractivity contribution is 7.92. The molecule has 3 rings (SSSR count). The second kappa shape index (κ2) is 8.35. The van der Waals surface area contributed by atoms with Gasteiger partial charge in [-0.25, -0.2) is 17.2 Å². The van der Waals surface area contributed by atoms with Crippen LogP contribution in [0.5, 0.6) is 5.75 Å². The van der Waals surface area contributed by atoms with Crippen LogP contribution in [0.15, 0.2) is 47.4 Å². The normalized spacial score (nSPS) is 16.4. The van der Waals surface area contributed by atoms with Gasteiger partial charge < -0.3 is 9.64 Å². The van der Waals surface area contributed by atoms with Gasteiger partial charge in [0.05, 0.1) is 12.4 Å². The van der Waals surface area contributed by atoms with E-state index in [4.69, 9.17) is 4.74 Å². The fourth-order valence-corrected chi connectivity index (χ4v) is 5.37. The Labute approximate surface area is 158 Å². The van der Waals surface area contributed by atoms with Crippen LogP contribution >= 0.6 is 0 Å². The molecule has 1 aliphatic rings. The molecule has 0 bridgehead atoms. The number of nitrogens with zero attached hydrogens (tertiary/aromatic N) is 1. The lowest BCUT2D eigenvalue weighted by atomic mass is 10.1. The van der Waals surface area contributed by atoms with Gasteiger partial charge in [-0.2, -0.15) is 0 Å². The molecule has 0 aromatic heterocycles. The van der Waals surface area contributed by atoms with Crippen LogP contribution in [-0.4, -0.2) is 45.3 Å². The Hall–Kier alpha value is -1.99. The molecule has 0 radical (unpaired) electrons. The quantitative estimate of drug-likeness (QED) is 0.752. The Morgan fingerprint density at radius 3 is 2.48 bits per heavy atom. The number of piperidine rings is 1. The van der Waals surface area contributed by atoms with E-state index in [9.17, 15) is 17.2 Å². The molecule has 1 saturated heterocycles. The number of sulfone groups is 1. The number of benzene rings is 2. The maximum atomic E-state index is 13.7. The van der Waals surface area contributed by atoms with Gasteiger partial charge in [-0.15, -0.1) is 0 Å². The van der Waals surface area contributed by atoms with Crippen molar-refractivity contribution in [2.75, 3.05) is 26.7 Å². The monoisotopic (exact) mass is 395 g/mol. The van der Waals surface area contributed by atoms with E-state index >= 15 is 0 Å². The van der Waals surface area contributed by atoms with Crippen LogP contribution in [0.1, 0.15) is 18.4 Å². The summed E-state index contributed by atoms with van der Waals surface area (Å²) in [6.07, 6.45) is 1.51. The first-order valence-corrected chi connectivity index (χ1v) is 10.5. The molecule has 1 heterocycles. The second-order valence-electron chi connectivity index (χ2n) is 6.72. The molecule has 146 valence electrons. The highest BCUT2D eigenvalue weighted by atomic mass is 32.2. The summed E-state index contributed by atoms with van der Waals surface area (Å²) in [6.45, 7) is 1.87. The molecule has 2 aromatic carbocycles. The van der Waals surface area contributed by atoms with Crippen molar-refractivity contribution in [3.63, 3.8) is 0 Å². The average molecular weight is 395 g/mol. The highest BCUT2D eigenvalue weighted by Crippen LogP contribution is 2.30. The Bertz CT molecular complexity index is 894. The number of rotatable bonds is 6. The van der Waals surface area contributed by atoms with E-state index in [1.807, 2.05) is 0 Å². The lowest BCUT2D eigenvalue weighted by Gasteiger charge is -2.31. The number of likely N-dealkylation sites (tertiary alicyclic amines) is 1. The van der Waals surface area contributed by atoms with Crippen molar-refractivity contribution < 1.29 is 21.9 Å². The van der Waals surface area contributed by atoms with Gasteiger partial charge in [-0.05, 0) is 56.1 Å². The zero-order chi connectivity index (χ0) is 19.4. The van der Waals surface area contributed by atoms with Crippen LogP contribution in [0.3, 0.4) is 0 Å². The predicted octanol–water partition coefficient (Wildman–Crippen LogP) is 3.45. The Balaban J connectivity index is 1.60. The maximum Gasteiger partial charge on any atom is 0.184 e. The van der Waals surface area contributed by atoms with Crippen LogP contribution in [0.25, 0.3) is 0 Å².